The number of nitrogens with one attached hydrogen (secondary N) is 1. The van der Waals surface area contributed by atoms with Gasteiger partial charge >= 0.3 is 5.97 Å². The van der Waals surface area contributed by atoms with Crippen molar-refractivity contribution < 1.29 is 23.9 Å². The lowest BCUT2D eigenvalue weighted by atomic mass is 10.0. The Kier molecular flexibility index (Phi) is 5.44. The highest BCUT2D eigenvalue weighted by molar-refractivity contribution is 6.09. The molecule has 0 saturated heterocycles. The van der Waals surface area contributed by atoms with Gasteiger partial charge in [0.05, 0.1) is 5.69 Å². The second-order valence-electron chi connectivity index (χ2n) is 7.21. The van der Waals surface area contributed by atoms with Crippen LogP contribution >= 0.6 is 0 Å². The predicted octanol–water partition coefficient (Wildman–Crippen LogP) is 3.64. The number of carboxylic acid groups (broad SMARTS) is 1. The predicted molar refractivity (Wildman–Crippen MR) is 103 cm³/mol. The summed E-state index contributed by atoms with van der Waals surface area (Å²) in [6.07, 6.45) is 0.265. The van der Waals surface area contributed by atoms with Gasteiger partial charge in [0.2, 0.25) is 5.91 Å². The van der Waals surface area contributed by atoms with Crippen molar-refractivity contribution in [2.75, 3.05) is 16.8 Å². The molecule has 1 atom stereocenters. The molecule has 0 aliphatic carbocycles. The van der Waals surface area contributed by atoms with Gasteiger partial charge in [-0.05, 0) is 35.7 Å². The quantitative estimate of drug-likeness (QED) is 0.824. The lowest BCUT2D eigenvalue weighted by Gasteiger charge is -2.18. The minimum absolute atomic E-state index is 0.00688. The van der Waals surface area contributed by atoms with Gasteiger partial charge in [0, 0.05) is 24.2 Å². The van der Waals surface area contributed by atoms with Crippen LogP contribution in [-0.4, -0.2) is 29.4 Å². The van der Waals surface area contributed by atoms with Crippen LogP contribution in [-0.2, 0) is 9.59 Å². The fraction of sp³-hybridized carbons (Fsp3) is 0.286. The Bertz CT molecular complexity index is 942. The fourth-order valence-electron chi connectivity index (χ4n) is 3.29. The van der Waals surface area contributed by atoms with E-state index in [0.29, 0.717) is 11.3 Å². The smallest absolute Gasteiger partial charge is 0.312 e. The van der Waals surface area contributed by atoms with Crippen LogP contribution < -0.4 is 10.2 Å². The first-order valence-corrected chi connectivity index (χ1v) is 9.01. The third-order valence-corrected chi connectivity index (χ3v) is 4.60. The topological polar surface area (TPSA) is 86.7 Å². The molecule has 1 unspecified atom stereocenters. The van der Waals surface area contributed by atoms with Crippen molar-refractivity contribution in [2.45, 2.75) is 26.2 Å². The number of carbonyl (C=O) groups is 3. The molecule has 2 aromatic rings. The Morgan fingerprint density at radius 3 is 2.57 bits per heavy atom. The molecule has 2 amide bonds. The SMILES string of the molecule is CC(C)CC(=O)Nc1ccc(C(=O)N2CC(C(=O)O)c3ccccc32)cc1F. The van der Waals surface area contributed by atoms with E-state index in [4.69, 9.17) is 0 Å². The number of fused-ring (bicyclic) bond motifs is 1. The molecule has 0 spiro atoms. The van der Waals surface area contributed by atoms with Gasteiger partial charge < -0.3 is 15.3 Å². The second kappa shape index (κ2) is 7.80. The largest absolute Gasteiger partial charge is 0.481 e. The van der Waals surface area contributed by atoms with E-state index in [1.54, 1.807) is 24.3 Å². The highest BCUT2D eigenvalue weighted by Gasteiger charge is 2.36. The third kappa shape index (κ3) is 3.88. The summed E-state index contributed by atoms with van der Waals surface area (Å²) < 4.78 is 14.4. The van der Waals surface area contributed by atoms with Crippen molar-refractivity contribution in [3.63, 3.8) is 0 Å². The maximum absolute atomic E-state index is 14.4. The summed E-state index contributed by atoms with van der Waals surface area (Å²) in [4.78, 5) is 37.6. The Morgan fingerprint density at radius 2 is 1.93 bits per heavy atom. The van der Waals surface area contributed by atoms with Crippen LogP contribution in [0.1, 0.15) is 42.1 Å². The number of nitrogens with zero attached hydrogens (tertiary/aromatic N) is 1. The highest BCUT2D eigenvalue weighted by Crippen LogP contribution is 2.37. The molecule has 0 fully saturated rings. The molecule has 0 aromatic heterocycles. The molecule has 146 valence electrons. The third-order valence-electron chi connectivity index (χ3n) is 4.60. The number of benzene rings is 2. The van der Waals surface area contributed by atoms with E-state index in [0.717, 1.165) is 6.07 Å². The van der Waals surface area contributed by atoms with Crippen molar-refractivity contribution in [3.05, 3.63) is 59.4 Å². The molecular weight excluding hydrogens is 363 g/mol. The van der Waals surface area contributed by atoms with Crippen molar-refractivity contribution in [3.8, 4) is 0 Å². The number of rotatable bonds is 5. The first-order valence-electron chi connectivity index (χ1n) is 9.01. The number of hydrogen-bond acceptors (Lipinski definition) is 3. The van der Waals surface area contributed by atoms with E-state index in [1.165, 1.54) is 17.0 Å². The normalized spacial score (nSPS) is 15.4. The van der Waals surface area contributed by atoms with Gasteiger partial charge in [-0.25, -0.2) is 4.39 Å². The number of hydrogen-bond donors (Lipinski definition) is 2. The number of halogens is 1. The molecule has 1 aliphatic rings. The number of aliphatic carboxylic acids is 1. The molecule has 1 heterocycles. The summed E-state index contributed by atoms with van der Waals surface area (Å²) in [6.45, 7) is 3.76. The molecule has 0 bridgehead atoms. The number of carbonyl (C=O) groups excluding carboxylic acids is 2. The molecule has 2 aromatic carbocycles. The zero-order valence-electron chi connectivity index (χ0n) is 15.6. The molecule has 28 heavy (non-hydrogen) atoms. The fourth-order valence-corrected chi connectivity index (χ4v) is 3.29. The molecule has 6 nitrogen and oxygen atoms in total. The Labute approximate surface area is 162 Å². The van der Waals surface area contributed by atoms with Gasteiger partial charge in [0.25, 0.3) is 5.91 Å². The lowest BCUT2D eigenvalue weighted by Crippen LogP contribution is -2.31. The molecule has 2 N–H and O–H groups in total. The first-order chi connectivity index (χ1) is 13.3. The van der Waals surface area contributed by atoms with Crippen LogP contribution in [0.2, 0.25) is 0 Å². The van der Waals surface area contributed by atoms with Crippen molar-refractivity contribution in [1.82, 2.24) is 0 Å². The zero-order chi connectivity index (χ0) is 20.4. The number of para-hydroxylation sites is 1. The van der Waals surface area contributed by atoms with Crippen LogP contribution in [0.5, 0.6) is 0 Å². The monoisotopic (exact) mass is 384 g/mol. The summed E-state index contributed by atoms with van der Waals surface area (Å²) in [5.74, 6) is -3.20. The van der Waals surface area contributed by atoms with Gasteiger partial charge in [0.15, 0.2) is 0 Å². The van der Waals surface area contributed by atoms with Crippen LogP contribution in [0.15, 0.2) is 42.5 Å². The van der Waals surface area contributed by atoms with E-state index < -0.39 is 23.6 Å². The highest BCUT2D eigenvalue weighted by atomic mass is 19.1. The molecule has 0 saturated carbocycles. The van der Waals surface area contributed by atoms with Crippen LogP contribution in [0.3, 0.4) is 0 Å². The van der Waals surface area contributed by atoms with Gasteiger partial charge in [-0.15, -0.1) is 0 Å². The van der Waals surface area contributed by atoms with Crippen LogP contribution in [0, 0.1) is 11.7 Å². The first kappa shape index (κ1) is 19.5. The van der Waals surface area contributed by atoms with Crippen LogP contribution in [0.25, 0.3) is 0 Å². The maximum Gasteiger partial charge on any atom is 0.312 e. The zero-order valence-corrected chi connectivity index (χ0v) is 15.6. The number of carboxylic acids is 1. The van der Waals surface area contributed by atoms with E-state index in [9.17, 15) is 23.9 Å². The van der Waals surface area contributed by atoms with E-state index in [2.05, 4.69) is 5.32 Å². The number of anilines is 2. The van der Waals surface area contributed by atoms with Gasteiger partial charge in [0.1, 0.15) is 11.7 Å². The van der Waals surface area contributed by atoms with Gasteiger partial charge in [-0.3, -0.25) is 14.4 Å². The van der Waals surface area contributed by atoms with E-state index >= 15 is 0 Å². The molecule has 7 heteroatoms. The molecule has 0 radical (unpaired) electrons. The number of amides is 2. The molecule has 3 rings (SSSR count). The Balaban J connectivity index is 1.83. The molecular formula is C21H21FN2O4. The van der Waals surface area contributed by atoms with Crippen molar-refractivity contribution >= 4 is 29.2 Å². The second-order valence-corrected chi connectivity index (χ2v) is 7.21. The summed E-state index contributed by atoms with van der Waals surface area (Å²) in [6, 6.07) is 10.6. The summed E-state index contributed by atoms with van der Waals surface area (Å²) in [5.41, 5.74) is 1.16. The van der Waals surface area contributed by atoms with Crippen molar-refractivity contribution in [2.24, 2.45) is 5.92 Å². The Morgan fingerprint density at radius 1 is 1.21 bits per heavy atom. The summed E-state index contributed by atoms with van der Waals surface area (Å²) in [5, 5.41) is 11.9. The maximum atomic E-state index is 14.4. The molecule has 1 aliphatic heterocycles. The summed E-state index contributed by atoms with van der Waals surface area (Å²) >= 11 is 0. The minimum Gasteiger partial charge on any atom is -0.481 e. The summed E-state index contributed by atoms with van der Waals surface area (Å²) in [7, 11) is 0. The van der Waals surface area contributed by atoms with Crippen LogP contribution in [0.4, 0.5) is 15.8 Å². The van der Waals surface area contributed by atoms with Crippen molar-refractivity contribution in [1.29, 1.82) is 0 Å². The average Bonchev–Trinajstić information content (AvgIpc) is 3.02. The lowest BCUT2D eigenvalue weighted by molar-refractivity contribution is -0.138. The standard InChI is InChI=1S/C21H21FN2O4/c1-12(2)9-19(25)23-17-8-7-13(10-16(17)22)20(26)24-11-15(21(27)28)14-5-3-4-6-18(14)24/h3-8,10,12,15H,9,11H2,1-2H3,(H,23,25)(H,27,28). The van der Waals surface area contributed by atoms with Gasteiger partial charge in [-0.2, -0.15) is 0 Å². The Hall–Kier alpha value is -3.22. The average molecular weight is 384 g/mol. The van der Waals surface area contributed by atoms with E-state index in [1.807, 2.05) is 13.8 Å². The van der Waals surface area contributed by atoms with Gasteiger partial charge in [-0.1, -0.05) is 32.0 Å². The van der Waals surface area contributed by atoms with E-state index in [-0.39, 0.29) is 36.0 Å². The minimum atomic E-state index is -1.02.